The van der Waals surface area contributed by atoms with E-state index in [0.29, 0.717) is 0 Å². The largest absolute Gasteiger partial charge is 0.394 e. The van der Waals surface area contributed by atoms with Gasteiger partial charge in [-0.2, -0.15) is 0 Å². The van der Waals surface area contributed by atoms with Gasteiger partial charge < -0.3 is 20.1 Å². The number of aliphatic hydroxyl groups is 3. The molecule has 0 aromatic carbocycles. The van der Waals surface area contributed by atoms with Crippen LogP contribution < -0.4 is 0 Å². The number of rotatable bonds is 1. The fourth-order valence-electron chi connectivity index (χ4n) is 1.09. The van der Waals surface area contributed by atoms with Gasteiger partial charge in [-0.25, -0.2) is 0 Å². The molecule has 3 N–H and O–H groups in total. The molecule has 1 heterocycles. The first-order chi connectivity index (χ1) is 4.66. The van der Waals surface area contributed by atoms with Crippen molar-refractivity contribution >= 4 is 0 Å². The van der Waals surface area contributed by atoms with Gasteiger partial charge in [0.1, 0.15) is 18.3 Å². The third-order valence-corrected chi connectivity index (χ3v) is 1.78. The van der Waals surface area contributed by atoms with Gasteiger partial charge in [0.2, 0.25) is 0 Å². The molecule has 1 saturated heterocycles. The normalized spacial score (nSPS) is 40.0. The van der Waals surface area contributed by atoms with E-state index < -0.39 is 18.3 Å². The van der Waals surface area contributed by atoms with Crippen molar-refractivity contribution in [1.82, 2.24) is 0 Å². The van der Waals surface area contributed by atoms with E-state index in [1.54, 1.807) is 6.92 Å². The van der Waals surface area contributed by atoms with Gasteiger partial charge in [-0.15, -0.1) is 0 Å². The van der Waals surface area contributed by atoms with Crippen LogP contribution in [-0.4, -0.2) is 46.3 Å². The zero-order valence-corrected chi connectivity index (χ0v) is 16.4. The molecule has 1 aliphatic rings. The molecule has 4 atom stereocenters. The van der Waals surface area contributed by atoms with Crippen LogP contribution in [0.1, 0.15) is 6.92 Å². The van der Waals surface area contributed by atoms with E-state index in [4.69, 9.17) is 20.1 Å². The Hall–Kier alpha value is 2.72. The van der Waals surface area contributed by atoms with Crippen LogP contribution in [0.3, 0.4) is 0 Å². The summed E-state index contributed by atoms with van der Waals surface area (Å²) >= 11 is 0. The maximum absolute atomic E-state index is 9.09. The molecule has 6 heteroatoms. The first kappa shape index (κ1) is 17.1. The standard InChI is InChI=1S/C6H12O4.2Ac/c1-3-5(8)6(9)4(2-7)10-3;;/h3-9H,2H2,1H3;;/t3?,4?,5-,6+;;/m0../s1. The van der Waals surface area contributed by atoms with Crippen molar-refractivity contribution in [3.05, 3.63) is 0 Å². The predicted octanol–water partition coefficient (Wildman–Crippen LogP) is -1.51. The molecule has 0 aromatic heterocycles. The topological polar surface area (TPSA) is 69.9 Å². The van der Waals surface area contributed by atoms with Crippen molar-refractivity contribution in [3.63, 3.8) is 0 Å². The van der Waals surface area contributed by atoms with Crippen LogP contribution in [0.15, 0.2) is 0 Å². The van der Waals surface area contributed by atoms with Crippen LogP contribution >= 0.6 is 0 Å². The minimum absolute atomic E-state index is 0. The molecule has 0 aliphatic carbocycles. The average molecular weight is 602 g/mol. The van der Waals surface area contributed by atoms with Crippen LogP contribution in [0.4, 0.5) is 0 Å². The number of hydrogen-bond acceptors (Lipinski definition) is 4. The van der Waals surface area contributed by atoms with Crippen LogP contribution in [0.25, 0.3) is 0 Å². The molecule has 0 saturated carbocycles. The van der Waals surface area contributed by atoms with Gasteiger partial charge in [-0.3, -0.25) is 0 Å². The quantitative estimate of drug-likeness (QED) is 0.342. The van der Waals surface area contributed by atoms with Crippen LogP contribution in [0, 0.1) is 88.1 Å². The fraction of sp³-hybridized carbons (Fsp3) is 1.00. The van der Waals surface area contributed by atoms with Gasteiger partial charge in [0.25, 0.3) is 0 Å². The summed E-state index contributed by atoms with van der Waals surface area (Å²) in [6.07, 6.45) is -2.81. The van der Waals surface area contributed by atoms with Gasteiger partial charge in [0.15, 0.2) is 0 Å². The van der Waals surface area contributed by atoms with Gasteiger partial charge in [-0.05, 0) is 6.92 Å². The van der Waals surface area contributed by atoms with E-state index >= 15 is 0 Å². The van der Waals surface area contributed by atoms with Gasteiger partial charge in [0.05, 0.1) is 12.7 Å². The first-order valence-electron chi connectivity index (χ1n) is 3.29. The Kier molecular flexibility index (Phi) is 11.3. The van der Waals surface area contributed by atoms with E-state index in [-0.39, 0.29) is 101 Å². The summed E-state index contributed by atoms with van der Waals surface area (Å²) in [5, 5.41) is 26.8. The SMILES string of the molecule is CC1OC(CO)[C@@H](O)[C@H]1O.[Ac].[Ac]. The Morgan fingerprint density at radius 3 is 1.83 bits per heavy atom. The third-order valence-electron chi connectivity index (χ3n) is 1.78. The third kappa shape index (κ3) is 4.07. The van der Waals surface area contributed by atoms with Crippen molar-refractivity contribution in [3.8, 4) is 0 Å². The summed E-state index contributed by atoms with van der Waals surface area (Å²) in [7, 11) is 0. The second-order valence-corrected chi connectivity index (χ2v) is 2.54. The summed E-state index contributed by atoms with van der Waals surface area (Å²) in [4.78, 5) is 0. The molecule has 0 amide bonds. The van der Waals surface area contributed by atoms with E-state index in [1.165, 1.54) is 0 Å². The monoisotopic (exact) mass is 602 g/mol. The Labute approximate surface area is 143 Å². The minimum Gasteiger partial charge on any atom is -0.394 e. The Morgan fingerprint density at radius 1 is 1.17 bits per heavy atom. The molecule has 66 valence electrons. The molecule has 1 fully saturated rings. The average Bonchev–Trinajstić information content (AvgIpc) is 2.17. The molecule has 2 unspecified atom stereocenters. The molecule has 1 rings (SSSR count). The number of ether oxygens (including phenoxy) is 1. The van der Waals surface area contributed by atoms with E-state index in [9.17, 15) is 0 Å². The molecular weight excluding hydrogens is 590 g/mol. The molecular formula is C6H12Ac2O4. The summed E-state index contributed by atoms with van der Waals surface area (Å²) in [6, 6.07) is 0. The van der Waals surface area contributed by atoms with Gasteiger partial charge >= 0.3 is 0 Å². The second-order valence-electron chi connectivity index (χ2n) is 2.54. The predicted molar refractivity (Wildman–Crippen MR) is 33.4 cm³/mol. The fourth-order valence-corrected chi connectivity index (χ4v) is 1.09. The zero-order valence-electron chi connectivity index (χ0n) is 6.92. The van der Waals surface area contributed by atoms with E-state index in [0.717, 1.165) is 0 Å². The molecule has 0 spiro atoms. The number of aliphatic hydroxyl groups excluding tert-OH is 3. The molecule has 4 nitrogen and oxygen atoms in total. The smallest absolute Gasteiger partial charge is 0.111 e. The van der Waals surface area contributed by atoms with E-state index in [2.05, 4.69) is 0 Å². The van der Waals surface area contributed by atoms with Crippen molar-refractivity contribution in [2.75, 3.05) is 6.61 Å². The van der Waals surface area contributed by atoms with Crippen molar-refractivity contribution in [1.29, 1.82) is 0 Å². The first-order valence-corrected chi connectivity index (χ1v) is 3.29. The second kappa shape index (κ2) is 7.94. The summed E-state index contributed by atoms with van der Waals surface area (Å²) in [6.45, 7) is 1.41. The Bertz CT molecular complexity index is 124. The van der Waals surface area contributed by atoms with Crippen molar-refractivity contribution < 1.29 is 108 Å². The molecule has 0 aromatic rings. The Balaban J connectivity index is 0. The van der Waals surface area contributed by atoms with Crippen LogP contribution in [-0.2, 0) is 4.74 Å². The summed E-state index contributed by atoms with van der Waals surface area (Å²) < 4.78 is 4.98. The summed E-state index contributed by atoms with van der Waals surface area (Å²) in [5.74, 6) is 0. The van der Waals surface area contributed by atoms with Gasteiger partial charge in [0, 0.05) is 88.1 Å². The minimum atomic E-state index is -0.944. The van der Waals surface area contributed by atoms with Crippen LogP contribution in [0.5, 0.6) is 0 Å². The van der Waals surface area contributed by atoms with E-state index in [1.807, 2.05) is 0 Å². The van der Waals surface area contributed by atoms with Crippen molar-refractivity contribution in [2.45, 2.75) is 31.3 Å². The number of hydrogen-bond donors (Lipinski definition) is 3. The van der Waals surface area contributed by atoms with Gasteiger partial charge in [-0.1, -0.05) is 0 Å². The summed E-state index contributed by atoms with van der Waals surface area (Å²) in [5.41, 5.74) is 0. The Morgan fingerprint density at radius 2 is 1.67 bits per heavy atom. The maximum Gasteiger partial charge on any atom is 0.111 e. The van der Waals surface area contributed by atoms with Crippen LogP contribution in [0.2, 0.25) is 0 Å². The van der Waals surface area contributed by atoms with Crippen molar-refractivity contribution in [2.24, 2.45) is 0 Å². The molecule has 1 aliphatic heterocycles. The molecule has 12 heavy (non-hydrogen) atoms. The molecule has 0 bridgehead atoms. The maximum atomic E-state index is 9.09. The molecule has 2 radical (unpaired) electrons. The zero-order chi connectivity index (χ0) is 7.72.